The van der Waals surface area contributed by atoms with Gasteiger partial charge in [0.05, 0.1) is 10.2 Å². The van der Waals surface area contributed by atoms with Crippen LogP contribution in [0, 0.1) is 5.82 Å². The molecular formula is C21H21BrFN3O2. The Morgan fingerprint density at radius 1 is 1.21 bits per heavy atom. The van der Waals surface area contributed by atoms with E-state index in [9.17, 15) is 9.18 Å². The van der Waals surface area contributed by atoms with E-state index >= 15 is 0 Å². The first-order valence-electron chi connectivity index (χ1n) is 9.02. The predicted molar refractivity (Wildman–Crippen MR) is 109 cm³/mol. The van der Waals surface area contributed by atoms with E-state index in [2.05, 4.69) is 26.3 Å². The Kier molecular flexibility index (Phi) is 6.81. The second-order valence-corrected chi connectivity index (χ2v) is 7.20. The Hall–Kier alpha value is -2.67. The van der Waals surface area contributed by atoms with Crippen molar-refractivity contribution >= 4 is 21.8 Å². The first-order chi connectivity index (χ1) is 13.5. The Balaban J connectivity index is 1.47. The van der Waals surface area contributed by atoms with Gasteiger partial charge in [0.1, 0.15) is 5.82 Å². The molecular weight excluding hydrogens is 425 g/mol. The Labute approximate surface area is 171 Å². The maximum absolute atomic E-state index is 12.9. The van der Waals surface area contributed by atoms with Crippen molar-refractivity contribution in [3.8, 4) is 11.6 Å². The van der Waals surface area contributed by atoms with Crippen molar-refractivity contribution in [2.75, 3.05) is 6.54 Å². The molecule has 0 saturated carbocycles. The van der Waals surface area contributed by atoms with Gasteiger partial charge < -0.3 is 10.1 Å². The monoisotopic (exact) mass is 445 g/mol. The van der Waals surface area contributed by atoms with Gasteiger partial charge in [0, 0.05) is 12.7 Å². The van der Waals surface area contributed by atoms with Gasteiger partial charge in [-0.15, -0.1) is 5.10 Å². The van der Waals surface area contributed by atoms with Crippen LogP contribution in [0.1, 0.15) is 18.9 Å². The largest absolute Gasteiger partial charge is 0.463 e. The summed E-state index contributed by atoms with van der Waals surface area (Å²) >= 11 is 3.42. The van der Waals surface area contributed by atoms with E-state index in [0.717, 1.165) is 24.1 Å². The number of rotatable bonds is 8. The number of para-hydroxylation sites is 1. The zero-order valence-corrected chi connectivity index (χ0v) is 17.0. The number of nitrogens with zero attached hydrogens (tertiary/aromatic N) is 2. The standard InChI is InChI=1S/C21H21BrFN3O2/c1-15(20(27)24-13-5-6-16-9-11-17(23)12-10-16)28-21-19(22)14-26(25-21)18-7-3-2-4-8-18/h2-4,7-12,14-15H,5-6,13H2,1H3,(H,24,27). The van der Waals surface area contributed by atoms with Crippen LogP contribution in [-0.2, 0) is 11.2 Å². The predicted octanol–water partition coefficient (Wildman–Crippen LogP) is 4.29. The number of nitrogens with one attached hydrogen (secondary N) is 1. The van der Waals surface area contributed by atoms with E-state index in [0.29, 0.717) is 16.9 Å². The Bertz CT molecular complexity index is 913. The molecule has 0 aliphatic heterocycles. The molecule has 28 heavy (non-hydrogen) atoms. The van der Waals surface area contributed by atoms with Crippen LogP contribution >= 0.6 is 15.9 Å². The molecule has 1 atom stereocenters. The lowest BCUT2D eigenvalue weighted by molar-refractivity contribution is -0.127. The molecule has 0 aliphatic rings. The zero-order chi connectivity index (χ0) is 19.9. The number of halogens is 2. The molecule has 0 spiro atoms. The Morgan fingerprint density at radius 2 is 1.93 bits per heavy atom. The van der Waals surface area contributed by atoms with E-state index in [-0.39, 0.29) is 11.7 Å². The first-order valence-corrected chi connectivity index (χ1v) is 9.81. The van der Waals surface area contributed by atoms with E-state index < -0.39 is 6.10 Å². The topological polar surface area (TPSA) is 56.2 Å². The minimum absolute atomic E-state index is 0.208. The third kappa shape index (κ3) is 5.42. The van der Waals surface area contributed by atoms with Crippen LogP contribution in [0.2, 0.25) is 0 Å². The highest BCUT2D eigenvalue weighted by atomic mass is 79.9. The second-order valence-electron chi connectivity index (χ2n) is 6.34. The number of carbonyl (C=O) groups is 1. The quantitative estimate of drug-likeness (QED) is 0.526. The molecule has 2 aromatic carbocycles. The molecule has 0 fully saturated rings. The minimum Gasteiger partial charge on any atom is -0.463 e. The van der Waals surface area contributed by atoms with Crippen molar-refractivity contribution in [3.63, 3.8) is 0 Å². The fourth-order valence-electron chi connectivity index (χ4n) is 2.65. The summed E-state index contributed by atoms with van der Waals surface area (Å²) in [5.74, 6) is -0.0954. The average molecular weight is 446 g/mol. The van der Waals surface area contributed by atoms with E-state index in [1.165, 1.54) is 12.1 Å². The molecule has 0 bridgehead atoms. The van der Waals surface area contributed by atoms with Crippen molar-refractivity contribution in [2.24, 2.45) is 0 Å². The van der Waals surface area contributed by atoms with Crippen molar-refractivity contribution in [2.45, 2.75) is 25.9 Å². The van der Waals surface area contributed by atoms with Crippen LogP contribution in [0.15, 0.2) is 65.3 Å². The summed E-state index contributed by atoms with van der Waals surface area (Å²) in [6, 6.07) is 16.0. The third-order valence-corrected chi connectivity index (χ3v) is 4.72. The van der Waals surface area contributed by atoms with Gasteiger partial charge in [-0.25, -0.2) is 9.07 Å². The summed E-state index contributed by atoms with van der Waals surface area (Å²) in [7, 11) is 0. The molecule has 1 amide bonds. The van der Waals surface area contributed by atoms with Gasteiger partial charge in [-0.1, -0.05) is 30.3 Å². The summed E-state index contributed by atoms with van der Waals surface area (Å²) < 4.78 is 21.0. The van der Waals surface area contributed by atoms with Crippen LogP contribution in [0.3, 0.4) is 0 Å². The third-order valence-electron chi connectivity index (χ3n) is 4.17. The van der Waals surface area contributed by atoms with Gasteiger partial charge in [0.2, 0.25) is 5.88 Å². The van der Waals surface area contributed by atoms with E-state index in [4.69, 9.17) is 4.74 Å². The average Bonchev–Trinajstić information content (AvgIpc) is 3.07. The van der Waals surface area contributed by atoms with Gasteiger partial charge in [0.15, 0.2) is 6.10 Å². The van der Waals surface area contributed by atoms with Gasteiger partial charge in [0.25, 0.3) is 5.91 Å². The molecule has 3 rings (SSSR count). The molecule has 1 N–H and O–H groups in total. The highest BCUT2D eigenvalue weighted by Crippen LogP contribution is 2.25. The van der Waals surface area contributed by atoms with Crippen LogP contribution in [-0.4, -0.2) is 28.3 Å². The molecule has 5 nitrogen and oxygen atoms in total. The van der Waals surface area contributed by atoms with Crippen LogP contribution < -0.4 is 10.1 Å². The molecule has 0 aliphatic carbocycles. The zero-order valence-electron chi connectivity index (χ0n) is 15.4. The molecule has 7 heteroatoms. The van der Waals surface area contributed by atoms with Crippen molar-refractivity contribution < 1.29 is 13.9 Å². The minimum atomic E-state index is -0.679. The summed E-state index contributed by atoms with van der Waals surface area (Å²) in [6.45, 7) is 2.20. The highest BCUT2D eigenvalue weighted by molar-refractivity contribution is 9.10. The van der Waals surface area contributed by atoms with Gasteiger partial charge in [-0.05, 0) is 65.5 Å². The highest BCUT2D eigenvalue weighted by Gasteiger charge is 2.18. The lowest BCUT2D eigenvalue weighted by Gasteiger charge is -2.13. The SMILES string of the molecule is CC(Oc1nn(-c2ccccc2)cc1Br)C(=O)NCCCc1ccc(F)cc1. The smallest absolute Gasteiger partial charge is 0.260 e. The first kappa shape index (κ1) is 20.1. The molecule has 1 aromatic heterocycles. The van der Waals surface area contributed by atoms with Crippen molar-refractivity contribution in [1.29, 1.82) is 0 Å². The number of aryl methyl sites for hydroxylation is 1. The van der Waals surface area contributed by atoms with E-state index in [1.807, 2.05) is 30.3 Å². The summed E-state index contributed by atoms with van der Waals surface area (Å²) in [6.07, 6.45) is 2.64. The van der Waals surface area contributed by atoms with Gasteiger partial charge in [-0.2, -0.15) is 0 Å². The number of aromatic nitrogens is 2. The maximum Gasteiger partial charge on any atom is 0.260 e. The maximum atomic E-state index is 12.9. The number of carbonyl (C=O) groups excluding carboxylic acids is 1. The molecule has 1 heterocycles. The Morgan fingerprint density at radius 3 is 2.64 bits per heavy atom. The number of hydrogen-bond acceptors (Lipinski definition) is 3. The van der Waals surface area contributed by atoms with Gasteiger partial charge >= 0.3 is 0 Å². The van der Waals surface area contributed by atoms with E-state index in [1.54, 1.807) is 29.9 Å². The van der Waals surface area contributed by atoms with Crippen LogP contribution in [0.4, 0.5) is 4.39 Å². The van der Waals surface area contributed by atoms with Gasteiger partial charge in [-0.3, -0.25) is 4.79 Å². The molecule has 0 saturated heterocycles. The molecule has 146 valence electrons. The molecule has 3 aromatic rings. The second kappa shape index (κ2) is 9.50. The number of ether oxygens (including phenoxy) is 1. The fourth-order valence-corrected chi connectivity index (χ4v) is 3.02. The molecule has 1 unspecified atom stereocenters. The summed E-state index contributed by atoms with van der Waals surface area (Å²) in [5.41, 5.74) is 1.94. The van der Waals surface area contributed by atoms with Crippen molar-refractivity contribution in [3.05, 3.63) is 76.6 Å². The number of amides is 1. The number of hydrogen-bond donors (Lipinski definition) is 1. The normalized spacial score (nSPS) is 11.8. The van der Waals surface area contributed by atoms with Crippen LogP contribution in [0.25, 0.3) is 5.69 Å². The number of benzene rings is 2. The lowest BCUT2D eigenvalue weighted by atomic mass is 10.1. The summed E-state index contributed by atoms with van der Waals surface area (Å²) in [4.78, 5) is 12.3. The summed E-state index contributed by atoms with van der Waals surface area (Å²) in [5, 5.41) is 7.24. The fraction of sp³-hybridized carbons (Fsp3) is 0.238. The van der Waals surface area contributed by atoms with Crippen molar-refractivity contribution in [1.82, 2.24) is 15.1 Å². The van der Waals surface area contributed by atoms with Crippen LogP contribution in [0.5, 0.6) is 5.88 Å². The lowest BCUT2D eigenvalue weighted by Crippen LogP contribution is -2.37. The molecule has 0 radical (unpaired) electrons.